The van der Waals surface area contributed by atoms with Gasteiger partial charge in [0.15, 0.2) is 0 Å². The molecule has 0 aliphatic carbocycles. The fraction of sp³-hybridized carbons (Fsp3) is 0.333. The van der Waals surface area contributed by atoms with Crippen LogP contribution in [0.1, 0.15) is 23.2 Å². The van der Waals surface area contributed by atoms with Gasteiger partial charge < -0.3 is 19.6 Å². The van der Waals surface area contributed by atoms with Gasteiger partial charge in [-0.2, -0.15) is 0 Å². The highest BCUT2D eigenvalue weighted by molar-refractivity contribution is 5.88. The number of aromatic amines is 2. The van der Waals surface area contributed by atoms with Crippen molar-refractivity contribution < 1.29 is 9.53 Å². The third kappa shape index (κ3) is 2.80. The molecule has 3 aromatic rings. The number of rotatable bonds is 3. The van der Waals surface area contributed by atoms with Crippen LogP contribution >= 0.6 is 0 Å². The number of H-pyrrole nitrogens is 2. The van der Waals surface area contributed by atoms with Crippen molar-refractivity contribution in [3.63, 3.8) is 0 Å². The lowest BCUT2D eigenvalue weighted by Gasteiger charge is -2.32. The summed E-state index contributed by atoms with van der Waals surface area (Å²) in [5, 5.41) is 1.11. The first-order valence-corrected chi connectivity index (χ1v) is 8.16. The molecule has 2 aromatic heterocycles. The van der Waals surface area contributed by atoms with Crippen molar-refractivity contribution in [1.82, 2.24) is 19.9 Å². The highest BCUT2D eigenvalue weighted by Crippen LogP contribution is 2.22. The molecule has 6 nitrogen and oxygen atoms in total. The van der Waals surface area contributed by atoms with Crippen LogP contribution in [-0.4, -0.2) is 45.5 Å². The van der Waals surface area contributed by atoms with E-state index in [0.717, 1.165) is 28.0 Å². The van der Waals surface area contributed by atoms with Gasteiger partial charge in [0.05, 0.1) is 19.6 Å². The Balaban J connectivity index is 1.48. The summed E-state index contributed by atoms with van der Waals surface area (Å²) in [5.41, 5.74) is 3.09. The third-order valence-corrected chi connectivity index (χ3v) is 4.46. The van der Waals surface area contributed by atoms with Gasteiger partial charge in [-0.3, -0.25) is 4.79 Å². The van der Waals surface area contributed by atoms with Crippen LogP contribution < -0.4 is 0 Å². The summed E-state index contributed by atoms with van der Waals surface area (Å²) in [5.74, 6) is 0.911. The van der Waals surface area contributed by atoms with E-state index in [1.54, 1.807) is 6.20 Å². The van der Waals surface area contributed by atoms with E-state index in [1.807, 2.05) is 42.3 Å². The van der Waals surface area contributed by atoms with Crippen LogP contribution in [0.5, 0.6) is 0 Å². The quantitative estimate of drug-likeness (QED) is 0.776. The molecule has 124 valence electrons. The Labute approximate surface area is 139 Å². The number of para-hydroxylation sites is 1. The maximum atomic E-state index is 12.7. The van der Waals surface area contributed by atoms with Crippen LogP contribution in [0.2, 0.25) is 0 Å². The number of morpholine rings is 1. The van der Waals surface area contributed by atoms with Crippen LogP contribution in [0.15, 0.2) is 36.7 Å². The Morgan fingerprint density at radius 2 is 2.29 bits per heavy atom. The molecule has 1 aromatic carbocycles. The minimum absolute atomic E-state index is 0.122. The Morgan fingerprint density at radius 1 is 1.42 bits per heavy atom. The predicted molar refractivity (Wildman–Crippen MR) is 90.6 cm³/mol. The summed E-state index contributed by atoms with van der Waals surface area (Å²) in [6.45, 7) is 3.65. The molecule has 0 bridgehead atoms. The number of aromatic nitrogens is 3. The monoisotopic (exact) mass is 324 g/mol. The summed E-state index contributed by atoms with van der Waals surface area (Å²) in [4.78, 5) is 25.3. The van der Waals surface area contributed by atoms with Gasteiger partial charge >= 0.3 is 0 Å². The smallest absolute Gasteiger partial charge is 0.227 e. The number of hydrogen-bond donors (Lipinski definition) is 2. The Kier molecular flexibility index (Phi) is 3.82. The second-order valence-corrected chi connectivity index (χ2v) is 6.19. The number of ether oxygens (including phenoxy) is 1. The second kappa shape index (κ2) is 6.13. The molecule has 0 unspecified atom stereocenters. The summed E-state index contributed by atoms with van der Waals surface area (Å²) >= 11 is 0. The van der Waals surface area contributed by atoms with Crippen molar-refractivity contribution in [2.24, 2.45) is 0 Å². The van der Waals surface area contributed by atoms with E-state index in [-0.39, 0.29) is 12.0 Å². The number of carbonyl (C=O) groups is 1. The lowest BCUT2D eigenvalue weighted by Crippen LogP contribution is -2.43. The average Bonchev–Trinajstić information content (AvgIpc) is 3.22. The summed E-state index contributed by atoms with van der Waals surface area (Å²) in [6.07, 6.45) is 3.93. The maximum absolute atomic E-state index is 12.7. The van der Waals surface area contributed by atoms with E-state index in [2.05, 4.69) is 15.0 Å². The Hall–Kier alpha value is -2.60. The van der Waals surface area contributed by atoms with Crippen molar-refractivity contribution in [3.8, 4) is 0 Å². The van der Waals surface area contributed by atoms with Crippen molar-refractivity contribution in [3.05, 3.63) is 53.7 Å². The van der Waals surface area contributed by atoms with Crippen molar-refractivity contribution >= 4 is 16.8 Å². The predicted octanol–water partition coefficient (Wildman–Crippen LogP) is 2.34. The van der Waals surface area contributed by atoms with Gasteiger partial charge in [-0.15, -0.1) is 0 Å². The van der Waals surface area contributed by atoms with Gasteiger partial charge in [-0.1, -0.05) is 18.2 Å². The summed E-state index contributed by atoms with van der Waals surface area (Å²) in [6, 6.07) is 8.05. The molecule has 6 heteroatoms. The van der Waals surface area contributed by atoms with Gasteiger partial charge in [0.2, 0.25) is 5.91 Å². The van der Waals surface area contributed by atoms with E-state index >= 15 is 0 Å². The van der Waals surface area contributed by atoms with E-state index < -0.39 is 0 Å². The number of nitrogens with zero attached hydrogens (tertiary/aromatic N) is 2. The standard InChI is InChI=1S/C18H20N4O2/c1-12-9-20-18(21-12)16-11-22(6-7-24-16)17(23)8-13-10-19-15-5-3-2-4-14(13)15/h2-5,9-10,16,19H,6-8,11H2,1H3,(H,20,21)/t16-/m1/s1. The lowest BCUT2D eigenvalue weighted by molar-refractivity contribution is -0.138. The number of carbonyl (C=O) groups excluding carboxylic acids is 1. The molecular weight excluding hydrogens is 304 g/mol. The van der Waals surface area contributed by atoms with Crippen molar-refractivity contribution in [2.75, 3.05) is 19.7 Å². The number of nitrogens with one attached hydrogen (secondary N) is 2. The van der Waals surface area contributed by atoms with E-state index in [9.17, 15) is 4.79 Å². The normalized spacial score (nSPS) is 18.2. The van der Waals surface area contributed by atoms with Crippen LogP contribution in [0.3, 0.4) is 0 Å². The molecule has 1 amide bonds. The zero-order valence-corrected chi connectivity index (χ0v) is 13.6. The Morgan fingerprint density at radius 3 is 3.12 bits per heavy atom. The molecule has 1 saturated heterocycles. The largest absolute Gasteiger partial charge is 0.367 e. The minimum Gasteiger partial charge on any atom is -0.367 e. The highest BCUT2D eigenvalue weighted by atomic mass is 16.5. The second-order valence-electron chi connectivity index (χ2n) is 6.19. The summed E-state index contributed by atoms with van der Waals surface area (Å²) in [7, 11) is 0. The molecule has 24 heavy (non-hydrogen) atoms. The highest BCUT2D eigenvalue weighted by Gasteiger charge is 2.27. The van der Waals surface area contributed by atoms with Gasteiger partial charge in [-0.25, -0.2) is 4.98 Å². The first kappa shape index (κ1) is 15.0. The van der Waals surface area contributed by atoms with Crippen LogP contribution in [0.25, 0.3) is 10.9 Å². The van der Waals surface area contributed by atoms with E-state index in [4.69, 9.17) is 4.74 Å². The zero-order chi connectivity index (χ0) is 16.5. The van der Waals surface area contributed by atoms with Crippen LogP contribution in [0.4, 0.5) is 0 Å². The molecule has 1 aliphatic heterocycles. The van der Waals surface area contributed by atoms with Crippen LogP contribution in [-0.2, 0) is 16.0 Å². The SMILES string of the molecule is Cc1cnc([C@H]2CN(C(=O)Cc3c[nH]c4ccccc34)CCO2)[nH]1. The van der Waals surface area contributed by atoms with Crippen molar-refractivity contribution in [2.45, 2.75) is 19.4 Å². The van der Waals surface area contributed by atoms with E-state index in [0.29, 0.717) is 26.1 Å². The first-order chi connectivity index (χ1) is 11.7. The minimum atomic E-state index is -0.181. The molecule has 0 radical (unpaired) electrons. The van der Waals surface area contributed by atoms with Gasteiger partial charge in [0.1, 0.15) is 11.9 Å². The number of hydrogen-bond acceptors (Lipinski definition) is 3. The number of imidazole rings is 1. The molecule has 1 aliphatic rings. The maximum Gasteiger partial charge on any atom is 0.227 e. The lowest BCUT2D eigenvalue weighted by atomic mass is 10.1. The van der Waals surface area contributed by atoms with Crippen LogP contribution in [0, 0.1) is 6.92 Å². The molecule has 3 heterocycles. The average molecular weight is 324 g/mol. The fourth-order valence-corrected chi connectivity index (χ4v) is 3.19. The molecule has 0 saturated carbocycles. The molecular formula is C18H20N4O2. The number of amides is 1. The number of fused-ring (bicyclic) bond motifs is 1. The molecule has 0 spiro atoms. The zero-order valence-electron chi connectivity index (χ0n) is 13.6. The van der Waals surface area contributed by atoms with Gasteiger partial charge in [0.25, 0.3) is 0 Å². The molecule has 2 N–H and O–H groups in total. The number of benzene rings is 1. The van der Waals surface area contributed by atoms with E-state index in [1.165, 1.54) is 0 Å². The van der Waals surface area contributed by atoms with Crippen molar-refractivity contribution in [1.29, 1.82) is 0 Å². The third-order valence-electron chi connectivity index (χ3n) is 4.46. The fourth-order valence-electron chi connectivity index (χ4n) is 3.19. The van der Waals surface area contributed by atoms with Gasteiger partial charge in [0, 0.05) is 35.5 Å². The number of aryl methyl sites for hydroxylation is 1. The van der Waals surface area contributed by atoms with Gasteiger partial charge in [-0.05, 0) is 18.6 Å². The molecule has 4 rings (SSSR count). The molecule has 1 atom stereocenters. The topological polar surface area (TPSA) is 74.0 Å². The molecule has 1 fully saturated rings. The summed E-state index contributed by atoms with van der Waals surface area (Å²) < 4.78 is 5.77. The first-order valence-electron chi connectivity index (χ1n) is 8.16. The Bertz CT molecular complexity index is 867.